The van der Waals surface area contributed by atoms with Gasteiger partial charge in [-0.3, -0.25) is 0 Å². The van der Waals surface area contributed by atoms with Gasteiger partial charge >= 0.3 is 0 Å². The van der Waals surface area contributed by atoms with E-state index in [1.54, 1.807) is 7.11 Å². The minimum absolute atomic E-state index is 0.836. The fourth-order valence-electron chi connectivity index (χ4n) is 0.594. The van der Waals surface area contributed by atoms with Crippen LogP contribution in [-0.2, 0) is 4.74 Å². The van der Waals surface area contributed by atoms with Crippen LogP contribution >= 0.6 is 0 Å². The van der Waals surface area contributed by atoms with Gasteiger partial charge in [-0.2, -0.15) is 0 Å². The first-order valence-corrected chi connectivity index (χ1v) is 2.98. The average Bonchev–Trinajstić information content (AvgIpc) is 1.62. The Morgan fingerprint density at radius 2 is 1.89 bits per heavy atom. The molecule has 0 aliphatic rings. The third-order valence-electron chi connectivity index (χ3n) is 0.939. The fourth-order valence-corrected chi connectivity index (χ4v) is 0.594. The monoisotopic (exact) mass is 130 g/mol. The summed E-state index contributed by atoms with van der Waals surface area (Å²) >= 11 is 0. The highest BCUT2D eigenvalue weighted by atomic mass is 16.5. The first-order chi connectivity index (χ1) is 3.95. The first-order valence-electron chi connectivity index (χ1n) is 2.98. The minimum atomic E-state index is 0.836. The van der Waals surface area contributed by atoms with Gasteiger partial charge in [0.2, 0.25) is 0 Å². The summed E-state index contributed by atoms with van der Waals surface area (Å²) < 4.78 is 5.78. The van der Waals surface area contributed by atoms with Crippen molar-refractivity contribution in [1.82, 2.24) is 0 Å². The maximum Gasteiger partial charge on any atom is 0.143 e. The predicted molar refractivity (Wildman–Crippen MR) is 39.0 cm³/mol. The van der Waals surface area contributed by atoms with Gasteiger partial charge in [0.25, 0.3) is 0 Å². The van der Waals surface area contributed by atoms with Gasteiger partial charge in [-0.1, -0.05) is 6.58 Å². The number of nitrogens with zero attached hydrogens (tertiary/aromatic N) is 1. The molecule has 9 heavy (non-hydrogen) atoms. The summed E-state index contributed by atoms with van der Waals surface area (Å²) in [6.45, 7) is 4.59. The van der Waals surface area contributed by atoms with Crippen molar-refractivity contribution in [3.8, 4) is 0 Å². The number of quaternary nitrogens is 1. The fraction of sp³-hybridized carbons (Fsp3) is 0.714. The molecule has 54 valence electrons. The van der Waals surface area contributed by atoms with E-state index < -0.39 is 0 Å². The van der Waals surface area contributed by atoms with Gasteiger partial charge in [0.1, 0.15) is 12.3 Å². The molecule has 0 saturated heterocycles. The van der Waals surface area contributed by atoms with Crippen LogP contribution < -0.4 is 0 Å². The summed E-state index contributed by atoms with van der Waals surface area (Å²) in [4.78, 5) is 0. The SMILES string of the molecule is C=C(C[N+](C)(C)C)OC. The maximum atomic E-state index is 4.92. The Labute approximate surface area is 57.3 Å². The summed E-state index contributed by atoms with van der Waals surface area (Å²) in [5.41, 5.74) is 0. The van der Waals surface area contributed by atoms with Crippen molar-refractivity contribution >= 4 is 0 Å². The summed E-state index contributed by atoms with van der Waals surface area (Å²) in [7, 11) is 7.95. The van der Waals surface area contributed by atoms with E-state index >= 15 is 0 Å². The van der Waals surface area contributed by atoms with Crippen LogP contribution in [0, 0.1) is 0 Å². The molecule has 0 atom stereocenters. The standard InChI is InChI=1S/C7H16NO/c1-7(9-5)6-8(2,3)4/h1,6H2,2-5H3/q+1. The zero-order valence-corrected chi connectivity index (χ0v) is 6.77. The minimum Gasteiger partial charge on any atom is -0.496 e. The summed E-state index contributed by atoms with van der Waals surface area (Å²) in [6, 6.07) is 0. The molecule has 0 radical (unpaired) electrons. The molecule has 0 rings (SSSR count). The van der Waals surface area contributed by atoms with Gasteiger partial charge in [0.15, 0.2) is 0 Å². The third kappa shape index (κ3) is 5.37. The van der Waals surface area contributed by atoms with Crippen molar-refractivity contribution < 1.29 is 9.22 Å². The van der Waals surface area contributed by atoms with Gasteiger partial charge < -0.3 is 9.22 Å². The zero-order valence-electron chi connectivity index (χ0n) is 6.77. The van der Waals surface area contributed by atoms with E-state index in [-0.39, 0.29) is 0 Å². The lowest BCUT2D eigenvalue weighted by atomic mass is 10.4. The smallest absolute Gasteiger partial charge is 0.143 e. The third-order valence-corrected chi connectivity index (χ3v) is 0.939. The second-order valence-electron chi connectivity index (χ2n) is 3.19. The molecule has 0 aromatic heterocycles. The molecule has 0 N–H and O–H groups in total. The van der Waals surface area contributed by atoms with Crippen LogP contribution in [0.2, 0.25) is 0 Å². The number of ether oxygens (including phenoxy) is 1. The predicted octanol–water partition coefficient (Wildman–Crippen LogP) is 0.853. The van der Waals surface area contributed by atoms with Gasteiger partial charge in [0.05, 0.1) is 28.3 Å². The summed E-state index contributed by atoms with van der Waals surface area (Å²) in [6.07, 6.45) is 0. The van der Waals surface area contributed by atoms with Crippen LogP contribution in [0.15, 0.2) is 12.3 Å². The maximum absolute atomic E-state index is 4.92. The molecule has 0 heterocycles. The van der Waals surface area contributed by atoms with Crippen molar-refractivity contribution in [1.29, 1.82) is 0 Å². The lowest BCUT2D eigenvalue weighted by Crippen LogP contribution is -2.36. The van der Waals surface area contributed by atoms with Crippen molar-refractivity contribution in [3.63, 3.8) is 0 Å². The Morgan fingerprint density at radius 1 is 1.44 bits per heavy atom. The molecule has 0 aromatic rings. The van der Waals surface area contributed by atoms with E-state index in [1.807, 2.05) is 0 Å². The molecule has 0 unspecified atom stereocenters. The van der Waals surface area contributed by atoms with E-state index in [2.05, 4.69) is 27.7 Å². The molecule has 0 aliphatic heterocycles. The molecular formula is C7H16NO+. The molecule has 0 saturated carbocycles. The van der Waals surface area contributed by atoms with E-state index in [0.717, 1.165) is 16.8 Å². The largest absolute Gasteiger partial charge is 0.496 e. The Morgan fingerprint density at radius 3 is 2.00 bits per heavy atom. The Balaban J connectivity index is 3.60. The van der Waals surface area contributed by atoms with Crippen LogP contribution in [-0.4, -0.2) is 39.3 Å². The van der Waals surface area contributed by atoms with Crippen molar-refractivity contribution in [2.24, 2.45) is 0 Å². The molecule has 0 spiro atoms. The molecule has 0 amide bonds. The molecule has 2 nitrogen and oxygen atoms in total. The van der Waals surface area contributed by atoms with Gasteiger partial charge in [-0.15, -0.1) is 0 Å². The van der Waals surface area contributed by atoms with Gasteiger partial charge in [-0.05, 0) is 0 Å². The number of hydrogen-bond donors (Lipinski definition) is 0. The first kappa shape index (κ1) is 8.50. The van der Waals surface area contributed by atoms with Gasteiger partial charge in [0, 0.05) is 0 Å². The number of methoxy groups -OCH3 is 1. The Hall–Kier alpha value is -0.500. The number of hydrogen-bond acceptors (Lipinski definition) is 1. The van der Waals surface area contributed by atoms with Crippen molar-refractivity contribution in [2.75, 3.05) is 34.8 Å². The van der Waals surface area contributed by atoms with E-state index in [0.29, 0.717) is 0 Å². The molecule has 0 bridgehead atoms. The van der Waals surface area contributed by atoms with Crippen LogP contribution in [0.5, 0.6) is 0 Å². The van der Waals surface area contributed by atoms with E-state index in [1.165, 1.54) is 0 Å². The van der Waals surface area contributed by atoms with Crippen molar-refractivity contribution in [2.45, 2.75) is 0 Å². The summed E-state index contributed by atoms with van der Waals surface area (Å²) in [5, 5.41) is 0. The normalized spacial score (nSPS) is 11.1. The lowest BCUT2D eigenvalue weighted by Gasteiger charge is -2.23. The molecule has 0 fully saturated rings. The molecular weight excluding hydrogens is 114 g/mol. The van der Waals surface area contributed by atoms with Crippen LogP contribution in [0.1, 0.15) is 0 Å². The molecule has 0 aromatic carbocycles. The Kier molecular flexibility index (Phi) is 2.71. The number of rotatable bonds is 3. The Bertz CT molecular complexity index is 102. The molecule has 2 heteroatoms. The highest BCUT2D eigenvalue weighted by molar-refractivity contribution is 4.80. The summed E-state index contributed by atoms with van der Waals surface area (Å²) in [5.74, 6) is 0.836. The number of likely N-dealkylation sites (N-methyl/N-ethyl adjacent to an activating group) is 1. The molecule has 0 aliphatic carbocycles. The quantitative estimate of drug-likeness (QED) is 0.406. The highest BCUT2D eigenvalue weighted by Gasteiger charge is 2.08. The second-order valence-corrected chi connectivity index (χ2v) is 3.19. The second kappa shape index (κ2) is 2.87. The van der Waals surface area contributed by atoms with Crippen LogP contribution in [0.3, 0.4) is 0 Å². The van der Waals surface area contributed by atoms with Crippen LogP contribution in [0.25, 0.3) is 0 Å². The lowest BCUT2D eigenvalue weighted by molar-refractivity contribution is -0.866. The van der Waals surface area contributed by atoms with E-state index in [4.69, 9.17) is 4.74 Å². The van der Waals surface area contributed by atoms with Crippen molar-refractivity contribution in [3.05, 3.63) is 12.3 Å². The topological polar surface area (TPSA) is 9.23 Å². The van der Waals surface area contributed by atoms with Gasteiger partial charge in [-0.25, -0.2) is 0 Å². The van der Waals surface area contributed by atoms with Crippen LogP contribution in [0.4, 0.5) is 0 Å². The highest BCUT2D eigenvalue weighted by Crippen LogP contribution is 1.98. The van der Waals surface area contributed by atoms with E-state index in [9.17, 15) is 0 Å². The average molecular weight is 130 g/mol. The zero-order chi connectivity index (χ0) is 7.49.